The highest BCUT2D eigenvalue weighted by Crippen LogP contribution is 2.19. The maximum absolute atomic E-state index is 12.7. The van der Waals surface area contributed by atoms with Gasteiger partial charge in [0.05, 0.1) is 6.42 Å². The fourth-order valence-corrected chi connectivity index (χ4v) is 3.40. The number of piperidine rings is 1. The van der Waals surface area contributed by atoms with Crippen LogP contribution in [0, 0.1) is 13.8 Å². The fraction of sp³-hybridized carbons (Fsp3) is 0.450. The topological polar surface area (TPSA) is 87.2 Å². The summed E-state index contributed by atoms with van der Waals surface area (Å²) in [5.74, 6) is -0.0919. The highest BCUT2D eigenvalue weighted by atomic mass is 16.2. The quantitative estimate of drug-likeness (QED) is 0.850. The lowest BCUT2D eigenvalue weighted by atomic mass is 10.0. The number of nitrogens with zero attached hydrogens (tertiary/aromatic N) is 2. The normalized spacial score (nSPS) is 17.0. The van der Waals surface area contributed by atoms with Crippen molar-refractivity contribution in [2.75, 3.05) is 18.4 Å². The number of H-pyrrole nitrogens is 1. The molecule has 3 rings (SSSR count). The van der Waals surface area contributed by atoms with Crippen LogP contribution in [0.4, 0.5) is 5.69 Å². The van der Waals surface area contributed by atoms with Gasteiger partial charge in [-0.2, -0.15) is 0 Å². The van der Waals surface area contributed by atoms with Gasteiger partial charge in [0.2, 0.25) is 5.91 Å². The Hall–Kier alpha value is -2.83. The minimum atomic E-state index is -0.480. The van der Waals surface area contributed by atoms with Crippen molar-refractivity contribution in [2.24, 2.45) is 7.05 Å². The molecular formula is C20H26N4O3. The molecule has 1 aliphatic rings. The lowest BCUT2D eigenvalue weighted by molar-refractivity contribution is -0.131. The summed E-state index contributed by atoms with van der Waals surface area (Å²) in [7, 11) is 1.40. The minimum Gasteiger partial charge on any atom is -0.381 e. The SMILES string of the molecule is Cc1ccc(NC2CCCN(C(=O)Cc3c[nH]c(=O)n(C)c3=O)C2)cc1C. The minimum absolute atomic E-state index is 0.000185. The predicted octanol–water partition coefficient (Wildman–Crippen LogP) is 1.34. The first-order chi connectivity index (χ1) is 12.8. The molecule has 2 N–H and O–H groups in total. The maximum atomic E-state index is 12.7. The molecule has 7 nitrogen and oxygen atoms in total. The Bertz CT molecular complexity index is 960. The smallest absolute Gasteiger partial charge is 0.328 e. The molecule has 1 saturated heterocycles. The Morgan fingerprint density at radius 2 is 2.04 bits per heavy atom. The number of aryl methyl sites for hydroxylation is 2. The first-order valence-electron chi connectivity index (χ1n) is 9.24. The number of aromatic nitrogens is 2. The van der Waals surface area contributed by atoms with E-state index in [4.69, 9.17) is 0 Å². The molecule has 0 saturated carbocycles. The van der Waals surface area contributed by atoms with E-state index in [2.05, 4.69) is 42.3 Å². The summed E-state index contributed by atoms with van der Waals surface area (Å²) in [5.41, 5.74) is 2.96. The van der Waals surface area contributed by atoms with Crippen LogP contribution in [0.5, 0.6) is 0 Å². The molecule has 1 fully saturated rings. The number of benzene rings is 1. The molecule has 1 aromatic heterocycles. The van der Waals surface area contributed by atoms with Gasteiger partial charge in [-0.3, -0.25) is 14.2 Å². The Morgan fingerprint density at radius 3 is 2.78 bits per heavy atom. The average Bonchev–Trinajstić information content (AvgIpc) is 2.65. The van der Waals surface area contributed by atoms with Crippen molar-refractivity contribution in [3.05, 3.63) is 61.9 Å². The third-order valence-corrected chi connectivity index (χ3v) is 5.25. The van der Waals surface area contributed by atoms with E-state index in [-0.39, 0.29) is 18.4 Å². The van der Waals surface area contributed by atoms with Crippen molar-refractivity contribution in [1.29, 1.82) is 0 Å². The number of carbonyl (C=O) groups is 1. The van der Waals surface area contributed by atoms with Crippen LogP contribution in [0.2, 0.25) is 0 Å². The molecule has 1 amide bonds. The second-order valence-corrected chi connectivity index (χ2v) is 7.28. The summed E-state index contributed by atoms with van der Waals surface area (Å²) in [5, 5.41) is 3.52. The Balaban J connectivity index is 1.66. The molecule has 2 heterocycles. The standard InChI is InChI=1S/C20H26N4O3/c1-13-6-7-16(9-14(13)2)22-17-5-4-8-24(12-17)18(25)10-15-11-21-20(27)23(3)19(15)26/h6-7,9,11,17,22H,4-5,8,10,12H2,1-3H3,(H,21,27). The number of aromatic amines is 1. The summed E-state index contributed by atoms with van der Waals surface area (Å²) < 4.78 is 0.989. The van der Waals surface area contributed by atoms with Gasteiger partial charge in [0.1, 0.15) is 0 Å². The van der Waals surface area contributed by atoms with Gasteiger partial charge in [0.15, 0.2) is 0 Å². The van der Waals surface area contributed by atoms with Crippen molar-refractivity contribution in [3.8, 4) is 0 Å². The van der Waals surface area contributed by atoms with Crippen LogP contribution in [0.1, 0.15) is 29.5 Å². The van der Waals surface area contributed by atoms with Crippen LogP contribution in [0.15, 0.2) is 34.0 Å². The van der Waals surface area contributed by atoms with Gasteiger partial charge in [0.25, 0.3) is 5.56 Å². The maximum Gasteiger partial charge on any atom is 0.328 e. The van der Waals surface area contributed by atoms with Gasteiger partial charge in [-0.25, -0.2) is 4.79 Å². The van der Waals surface area contributed by atoms with Crippen molar-refractivity contribution in [3.63, 3.8) is 0 Å². The van der Waals surface area contributed by atoms with Crippen molar-refractivity contribution in [1.82, 2.24) is 14.5 Å². The van der Waals surface area contributed by atoms with Crippen molar-refractivity contribution >= 4 is 11.6 Å². The van der Waals surface area contributed by atoms with E-state index in [9.17, 15) is 14.4 Å². The molecule has 2 aromatic rings. The zero-order valence-electron chi connectivity index (χ0n) is 16.0. The van der Waals surface area contributed by atoms with Crippen LogP contribution >= 0.6 is 0 Å². The Labute approximate surface area is 158 Å². The molecule has 1 aromatic carbocycles. The molecule has 27 heavy (non-hydrogen) atoms. The molecule has 0 bridgehead atoms. The molecule has 1 aliphatic heterocycles. The number of amides is 1. The predicted molar refractivity (Wildman–Crippen MR) is 105 cm³/mol. The van der Waals surface area contributed by atoms with E-state index < -0.39 is 11.2 Å². The number of nitrogens with one attached hydrogen (secondary N) is 2. The van der Waals surface area contributed by atoms with Gasteiger partial charge >= 0.3 is 5.69 Å². The first-order valence-corrected chi connectivity index (χ1v) is 9.24. The van der Waals surface area contributed by atoms with Crippen LogP contribution < -0.4 is 16.6 Å². The Morgan fingerprint density at radius 1 is 1.26 bits per heavy atom. The molecule has 1 atom stereocenters. The van der Waals surface area contributed by atoms with E-state index in [0.717, 1.165) is 23.1 Å². The van der Waals surface area contributed by atoms with E-state index in [1.165, 1.54) is 24.4 Å². The van der Waals surface area contributed by atoms with Crippen LogP contribution in [-0.2, 0) is 18.3 Å². The monoisotopic (exact) mass is 370 g/mol. The number of likely N-dealkylation sites (tertiary alicyclic amines) is 1. The molecule has 0 aliphatic carbocycles. The molecule has 0 spiro atoms. The van der Waals surface area contributed by atoms with E-state index >= 15 is 0 Å². The number of hydrogen-bond acceptors (Lipinski definition) is 4. The summed E-state index contributed by atoms with van der Waals surface area (Å²) in [6.07, 6.45) is 3.26. The molecule has 144 valence electrons. The van der Waals surface area contributed by atoms with Gasteiger partial charge in [-0.05, 0) is 49.9 Å². The summed E-state index contributed by atoms with van der Waals surface area (Å²) in [6, 6.07) is 6.46. The summed E-state index contributed by atoms with van der Waals surface area (Å²) in [6.45, 7) is 5.46. The van der Waals surface area contributed by atoms with E-state index in [0.29, 0.717) is 18.7 Å². The van der Waals surface area contributed by atoms with Gasteiger partial charge in [-0.15, -0.1) is 0 Å². The van der Waals surface area contributed by atoms with Crippen LogP contribution in [-0.4, -0.2) is 39.5 Å². The molecule has 1 unspecified atom stereocenters. The number of anilines is 1. The zero-order chi connectivity index (χ0) is 19.6. The van der Waals surface area contributed by atoms with E-state index in [1.54, 1.807) is 4.90 Å². The number of hydrogen-bond donors (Lipinski definition) is 2. The van der Waals surface area contributed by atoms with Gasteiger partial charge in [-0.1, -0.05) is 6.07 Å². The number of carbonyl (C=O) groups excluding carboxylic acids is 1. The summed E-state index contributed by atoms with van der Waals surface area (Å²) >= 11 is 0. The first kappa shape index (κ1) is 18.9. The molecule has 7 heteroatoms. The molecular weight excluding hydrogens is 344 g/mol. The lowest BCUT2D eigenvalue weighted by Gasteiger charge is -2.34. The third kappa shape index (κ3) is 4.30. The lowest BCUT2D eigenvalue weighted by Crippen LogP contribution is -2.46. The van der Waals surface area contributed by atoms with Crippen LogP contribution in [0.3, 0.4) is 0 Å². The van der Waals surface area contributed by atoms with Crippen molar-refractivity contribution < 1.29 is 4.79 Å². The van der Waals surface area contributed by atoms with Gasteiger partial charge < -0.3 is 15.2 Å². The second-order valence-electron chi connectivity index (χ2n) is 7.28. The largest absolute Gasteiger partial charge is 0.381 e. The van der Waals surface area contributed by atoms with Crippen molar-refractivity contribution in [2.45, 2.75) is 39.2 Å². The zero-order valence-corrected chi connectivity index (χ0v) is 16.0. The number of rotatable bonds is 4. The summed E-state index contributed by atoms with van der Waals surface area (Å²) in [4.78, 5) is 40.5. The molecule has 0 radical (unpaired) electrons. The average molecular weight is 370 g/mol. The van der Waals surface area contributed by atoms with Gasteiger partial charge in [0, 0.05) is 43.6 Å². The van der Waals surface area contributed by atoms with Crippen LogP contribution in [0.25, 0.3) is 0 Å². The highest BCUT2D eigenvalue weighted by Gasteiger charge is 2.24. The third-order valence-electron chi connectivity index (χ3n) is 5.25. The van der Waals surface area contributed by atoms with E-state index in [1.807, 2.05) is 0 Å². The highest BCUT2D eigenvalue weighted by molar-refractivity contribution is 5.78. The second kappa shape index (κ2) is 7.82. The fourth-order valence-electron chi connectivity index (χ4n) is 3.40. The Kier molecular flexibility index (Phi) is 5.48.